The van der Waals surface area contributed by atoms with Gasteiger partial charge in [0.15, 0.2) is 23.3 Å². The molecule has 1 nitrogen and oxygen atoms in total. The van der Waals surface area contributed by atoms with Crippen LogP contribution in [0.2, 0.25) is 5.02 Å². The summed E-state index contributed by atoms with van der Waals surface area (Å²) in [7, 11) is 0. The van der Waals surface area contributed by atoms with Crippen LogP contribution in [0.25, 0.3) is 0 Å². The summed E-state index contributed by atoms with van der Waals surface area (Å²) >= 11 is 5.94. The van der Waals surface area contributed by atoms with E-state index in [1.165, 1.54) is 6.07 Å². The molecule has 0 saturated heterocycles. The van der Waals surface area contributed by atoms with E-state index in [0.29, 0.717) is 12.1 Å². The van der Waals surface area contributed by atoms with Crippen LogP contribution in [0.5, 0.6) is 0 Å². The van der Waals surface area contributed by atoms with Crippen LogP contribution in [0.1, 0.15) is 24.1 Å². The number of hydrogen-bond acceptors (Lipinski definition) is 1. The third-order valence-corrected chi connectivity index (χ3v) is 3.36. The lowest BCUT2D eigenvalue weighted by Gasteiger charge is -2.20. The highest BCUT2D eigenvalue weighted by Gasteiger charge is 2.20. The molecule has 0 fully saturated rings. The van der Waals surface area contributed by atoms with Crippen molar-refractivity contribution >= 4 is 11.6 Å². The molecule has 0 aliphatic rings. The summed E-state index contributed by atoms with van der Waals surface area (Å²) in [5.74, 6) is -4.12. The number of benzene rings is 2. The summed E-state index contributed by atoms with van der Waals surface area (Å²) < 4.78 is 52.9. The molecule has 2 aromatic rings. The van der Waals surface area contributed by atoms with Crippen LogP contribution in [-0.2, 0) is 0 Å². The summed E-state index contributed by atoms with van der Waals surface area (Å²) in [4.78, 5) is 0. The maximum atomic E-state index is 13.4. The zero-order chi connectivity index (χ0) is 15.6. The van der Waals surface area contributed by atoms with Crippen molar-refractivity contribution in [2.75, 3.05) is 6.54 Å². The van der Waals surface area contributed by atoms with E-state index in [9.17, 15) is 17.6 Å². The summed E-state index contributed by atoms with van der Waals surface area (Å²) in [6.45, 7) is 2.26. The highest BCUT2D eigenvalue weighted by Crippen LogP contribution is 2.30. The van der Waals surface area contributed by atoms with Crippen molar-refractivity contribution in [1.82, 2.24) is 5.32 Å². The predicted octanol–water partition coefficient (Wildman–Crippen LogP) is 4.60. The minimum Gasteiger partial charge on any atom is -0.306 e. The Hall–Kier alpha value is -1.59. The molecule has 1 N–H and O–H groups in total. The molecule has 0 aliphatic carbocycles. The van der Waals surface area contributed by atoms with Gasteiger partial charge in [-0.2, -0.15) is 0 Å². The third kappa shape index (κ3) is 3.36. The van der Waals surface area contributed by atoms with E-state index in [1.807, 2.05) is 0 Å². The van der Waals surface area contributed by atoms with Gasteiger partial charge >= 0.3 is 0 Å². The van der Waals surface area contributed by atoms with Crippen LogP contribution in [0.3, 0.4) is 0 Å². The van der Waals surface area contributed by atoms with Gasteiger partial charge in [0.1, 0.15) is 0 Å². The molecule has 112 valence electrons. The minimum absolute atomic E-state index is 0.00424. The van der Waals surface area contributed by atoms with Crippen molar-refractivity contribution in [2.45, 2.75) is 13.0 Å². The molecule has 1 atom stereocenters. The van der Waals surface area contributed by atoms with E-state index in [4.69, 9.17) is 11.6 Å². The number of rotatable bonds is 4. The standard InChI is InChI=1S/C15H12ClF4N/c1-2-21-15(8-3-4-11(17)12(18)5-8)9-6-13(19)14(20)7-10(9)16/h3-7,15,21H,2H2,1H3. The van der Waals surface area contributed by atoms with E-state index in [2.05, 4.69) is 5.32 Å². The molecule has 0 bridgehead atoms. The van der Waals surface area contributed by atoms with Gasteiger partial charge in [-0.05, 0) is 41.9 Å². The molecule has 6 heteroatoms. The molecule has 0 aromatic heterocycles. The van der Waals surface area contributed by atoms with Gasteiger partial charge in [-0.3, -0.25) is 0 Å². The van der Waals surface area contributed by atoms with E-state index < -0.39 is 29.3 Å². The topological polar surface area (TPSA) is 12.0 Å². The normalized spacial score (nSPS) is 12.5. The molecule has 2 rings (SSSR count). The maximum Gasteiger partial charge on any atom is 0.160 e. The number of hydrogen-bond donors (Lipinski definition) is 1. The Morgan fingerprint density at radius 2 is 1.57 bits per heavy atom. The predicted molar refractivity (Wildman–Crippen MR) is 73.2 cm³/mol. The van der Waals surface area contributed by atoms with Crippen molar-refractivity contribution < 1.29 is 17.6 Å². The molecule has 1 unspecified atom stereocenters. The molecule has 2 aromatic carbocycles. The Bertz CT molecular complexity index is 660. The lowest BCUT2D eigenvalue weighted by Crippen LogP contribution is -2.23. The van der Waals surface area contributed by atoms with Crippen molar-refractivity contribution in [1.29, 1.82) is 0 Å². The van der Waals surface area contributed by atoms with Crippen molar-refractivity contribution in [2.24, 2.45) is 0 Å². The third-order valence-electron chi connectivity index (χ3n) is 3.04. The highest BCUT2D eigenvalue weighted by molar-refractivity contribution is 6.31. The van der Waals surface area contributed by atoms with E-state index >= 15 is 0 Å². The largest absolute Gasteiger partial charge is 0.306 e. The van der Waals surface area contributed by atoms with Gasteiger partial charge in [-0.25, -0.2) is 17.6 Å². The number of halogens is 5. The van der Waals surface area contributed by atoms with Gasteiger partial charge in [0.2, 0.25) is 0 Å². The highest BCUT2D eigenvalue weighted by atomic mass is 35.5. The first-order valence-electron chi connectivity index (χ1n) is 6.26. The first kappa shape index (κ1) is 15.8. The molecule has 0 amide bonds. The van der Waals surface area contributed by atoms with Crippen LogP contribution < -0.4 is 5.32 Å². The van der Waals surface area contributed by atoms with E-state index in [0.717, 1.165) is 24.3 Å². The zero-order valence-corrected chi connectivity index (χ0v) is 11.8. The van der Waals surface area contributed by atoms with Crippen molar-refractivity contribution in [3.63, 3.8) is 0 Å². The van der Waals surface area contributed by atoms with E-state index in [-0.39, 0.29) is 10.6 Å². The molecule has 21 heavy (non-hydrogen) atoms. The van der Waals surface area contributed by atoms with Crippen LogP contribution in [0.15, 0.2) is 30.3 Å². The van der Waals surface area contributed by atoms with E-state index in [1.54, 1.807) is 6.92 Å². The molecular weight excluding hydrogens is 306 g/mol. The second kappa shape index (κ2) is 6.45. The van der Waals surface area contributed by atoms with Crippen LogP contribution >= 0.6 is 11.6 Å². The minimum atomic E-state index is -1.07. The first-order valence-corrected chi connectivity index (χ1v) is 6.64. The molecular formula is C15H12ClF4N. The molecule has 0 aliphatic heterocycles. The first-order chi connectivity index (χ1) is 9.93. The second-order valence-corrected chi connectivity index (χ2v) is 4.86. The van der Waals surface area contributed by atoms with Gasteiger partial charge < -0.3 is 5.32 Å². The van der Waals surface area contributed by atoms with Crippen LogP contribution in [0.4, 0.5) is 17.6 Å². The summed E-state index contributed by atoms with van der Waals surface area (Å²) in [5, 5.41) is 2.99. The second-order valence-electron chi connectivity index (χ2n) is 4.45. The van der Waals surface area contributed by atoms with Gasteiger partial charge in [0.25, 0.3) is 0 Å². The van der Waals surface area contributed by atoms with Gasteiger partial charge in [-0.1, -0.05) is 24.6 Å². The van der Waals surface area contributed by atoms with Crippen LogP contribution in [0, 0.1) is 23.3 Å². The maximum absolute atomic E-state index is 13.4. The fraction of sp³-hybridized carbons (Fsp3) is 0.200. The zero-order valence-electron chi connectivity index (χ0n) is 11.1. The summed E-state index contributed by atoms with van der Waals surface area (Å²) in [6.07, 6.45) is 0. The lowest BCUT2D eigenvalue weighted by molar-refractivity contribution is 0.499. The van der Waals surface area contributed by atoms with Gasteiger partial charge in [0, 0.05) is 5.02 Å². The fourth-order valence-electron chi connectivity index (χ4n) is 2.06. The fourth-order valence-corrected chi connectivity index (χ4v) is 2.32. The SMILES string of the molecule is CCNC(c1ccc(F)c(F)c1)c1cc(F)c(F)cc1Cl. The molecule has 0 heterocycles. The van der Waals surface area contributed by atoms with Crippen LogP contribution in [-0.4, -0.2) is 6.54 Å². The quantitative estimate of drug-likeness (QED) is 0.642. The summed E-state index contributed by atoms with van der Waals surface area (Å²) in [6, 6.07) is 4.47. The Kier molecular flexibility index (Phi) is 4.85. The van der Waals surface area contributed by atoms with Crippen molar-refractivity contribution in [3.8, 4) is 0 Å². The lowest BCUT2D eigenvalue weighted by atomic mass is 9.98. The monoisotopic (exact) mass is 317 g/mol. The number of nitrogens with one attached hydrogen (secondary N) is 1. The average molecular weight is 318 g/mol. The Morgan fingerprint density at radius 1 is 0.952 bits per heavy atom. The Balaban J connectivity index is 2.52. The molecule has 0 spiro atoms. The summed E-state index contributed by atoms with van der Waals surface area (Å²) in [5.41, 5.74) is 0.618. The van der Waals surface area contributed by atoms with Crippen molar-refractivity contribution in [3.05, 3.63) is 69.8 Å². The molecule has 0 saturated carbocycles. The molecule has 0 radical (unpaired) electrons. The Labute approximate surface area is 124 Å². The average Bonchev–Trinajstić information content (AvgIpc) is 2.44. The van der Waals surface area contributed by atoms with Gasteiger partial charge in [-0.15, -0.1) is 0 Å². The smallest absolute Gasteiger partial charge is 0.160 e. The van der Waals surface area contributed by atoms with Gasteiger partial charge in [0.05, 0.1) is 6.04 Å². The Morgan fingerprint density at radius 3 is 2.19 bits per heavy atom.